The molecule has 6 nitrogen and oxygen atoms in total. The van der Waals surface area contributed by atoms with Gasteiger partial charge >= 0.3 is 10.7 Å². The highest BCUT2D eigenvalue weighted by molar-refractivity contribution is 7.80. The number of hydrazone groups is 1. The predicted molar refractivity (Wildman–Crippen MR) is 103 cm³/mol. The van der Waals surface area contributed by atoms with Crippen LogP contribution < -0.4 is 20.6 Å². The lowest BCUT2D eigenvalue weighted by Crippen LogP contribution is -2.32. The molecule has 0 amide bonds. The molecule has 25 heavy (non-hydrogen) atoms. The van der Waals surface area contributed by atoms with Gasteiger partial charge in [-0.15, -0.1) is 0 Å². The molecule has 2 heterocycles. The Balaban J connectivity index is 1.81. The number of hydrogen-bond acceptors (Lipinski definition) is 4. The van der Waals surface area contributed by atoms with Gasteiger partial charge in [0.25, 0.3) is 0 Å². The third kappa shape index (κ3) is 4.59. The number of nitrogens with two attached hydrogens (primary N) is 1. The summed E-state index contributed by atoms with van der Waals surface area (Å²) in [5, 5.41) is 3.98. The van der Waals surface area contributed by atoms with E-state index >= 15 is 0 Å². The van der Waals surface area contributed by atoms with E-state index in [4.69, 9.17) is 18.0 Å². The number of thiocarbonyl (C=S) groups is 1. The minimum Gasteiger partial charge on any atom is -0.375 e. The van der Waals surface area contributed by atoms with Crippen LogP contribution in [0.1, 0.15) is 16.0 Å². The number of aromatic amines is 1. The molecule has 0 aliphatic carbocycles. The first-order chi connectivity index (χ1) is 12.1. The van der Waals surface area contributed by atoms with Crippen LogP contribution in [-0.4, -0.2) is 16.3 Å². The topological polar surface area (TPSA) is 87.1 Å². The summed E-state index contributed by atoms with van der Waals surface area (Å²) < 4.78 is 1.84. The summed E-state index contributed by atoms with van der Waals surface area (Å²) in [6.07, 6.45) is 6.19. The largest absolute Gasteiger partial charge is 0.390 e. The van der Waals surface area contributed by atoms with Crippen molar-refractivity contribution in [3.8, 4) is 5.82 Å². The zero-order chi connectivity index (χ0) is 17.6. The summed E-state index contributed by atoms with van der Waals surface area (Å²) >= 11 is 5.75. The number of hydrogen-bond donors (Lipinski definition) is 3. The van der Waals surface area contributed by atoms with Gasteiger partial charge in [0, 0.05) is 0 Å². The van der Waals surface area contributed by atoms with Gasteiger partial charge in [0.15, 0.2) is 5.11 Å². The Hall–Kier alpha value is -2.84. The minimum atomic E-state index is -0.160. The summed E-state index contributed by atoms with van der Waals surface area (Å²) in [4.78, 5) is 15.0. The van der Waals surface area contributed by atoms with Crippen LogP contribution in [0.15, 0.2) is 64.8 Å². The maximum absolute atomic E-state index is 11.7. The van der Waals surface area contributed by atoms with Crippen LogP contribution in [0.2, 0.25) is 0 Å². The van der Waals surface area contributed by atoms with Gasteiger partial charge in [-0.25, -0.2) is 9.36 Å². The quantitative estimate of drug-likeness (QED) is 0.275. The van der Waals surface area contributed by atoms with E-state index in [2.05, 4.69) is 27.6 Å². The molecule has 3 aromatic rings. The molecule has 0 fully saturated rings. The number of benzene rings is 1. The fourth-order valence-electron chi connectivity index (χ4n) is 2.32. The standard InChI is InChI=1S/C17H15N5OS2/c18-16(24)21-19-11-14-15(20-17(23)25-14)22-8-6-13(7-9-22)10-12-4-2-1-3-5-12/h1-9,11H,10H2,(H3-,18,19,20,21,23,24)/p+1. The molecule has 0 saturated heterocycles. The van der Waals surface area contributed by atoms with Crippen LogP contribution in [-0.2, 0) is 6.42 Å². The highest BCUT2D eigenvalue weighted by atomic mass is 32.1. The fraction of sp³-hybridized carbons (Fsp3) is 0.0588. The first kappa shape index (κ1) is 17.0. The number of nitrogens with one attached hydrogen (secondary N) is 2. The number of thiazole rings is 1. The SMILES string of the molecule is NC(=S)N/N=C/c1sc(=O)[nH]c1-[n+]1ccc(Cc2ccccc2)cc1. The van der Waals surface area contributed by atoms with E-state index in [1.54, 1.807) is 0 Å². The Kier molecular flexibility index (Phi) is 5.32. The average molecular weight is 370 g/mol. The smallest absolute Gasteiger partial charge is 0.375 e. The summed E-state index contributed by atoms with van der Waals surface area (Å²) in [6, 6.07) is 14.3. The third-order valence-corrected chi connectivity index (χ3v) is 4.32. The first-order valence-electron chi connectivity index (χ1n) is 7.48. The van der Waals surface area contributed by atoms with E-state index in [0.29, 0.717) is 10.7 Å². The van der Waals surface area contributed by atoms with Gasteiger partial charge in [-0.1, -0.05) is 30.3 Å². The molecule has 2 aromatic heterocycles. The highest BCUT2D eigenvalue weighted by Crippen LogP contribution is 2.09. The van der Waals surface area contributed by atoms with E-state index in [1.165, 1.54) is 17.3 Å². The molecule has 0 radical (unpaired) electrons. The van der Waals surface area contributed by atoms with Crippen molar-refractivity contribution >= 4 is 34.9 Å². The van der Waals surface area contributed by atoms with Gasteiger partial charge in [-0.3, -0.25) is 5.43 Å². The molecule has 0 aliphatic heterocycles. The molecular formula is C17H16N5OS2+. The number of aromatic nitrogens is 2. The van der Waals surface area contributed by atoms with Crippen LogP contribution in [0.5, 0.6) is 0 Å². The van der Waals surface area contributed by atoms with Crippen molar-refractivity contribution in [2.24, 2.45) is 10.8 Å². The van der Waals surface area contributed by atoms with Gasteiger partial charge in [-0.05, 0) is 53.2 Å². The Morgan fingerprint density at radius 2 is 1.92 bits per heavy atom. The maximum atomic E-state index is 11.7. The normalized spacial score (nSPS) is 10.9. The molecule has 0 bridgehead atoms. The van der Waals surface area contributed by atoms with E-state index < -0.39 is 0 Å². The van der Waals surface area contributed by atoms with Gasteiger partial charge in [0.2, 0.25) is 0 Å². The van der Waals surface area contributed by atoms with Gasteiger partial charge in [-0.2, -0.15) is 10.1 Å². The fourth-order valence-corrected chi connectivity index (χ4v) is 3.08. The number of H-pyrrole nitrogens is 1. The predicted octanol–water partition coefficient (Wildman–Crippen LogP) is 1.47. The van der Waals surface area contributed by atoms with Crippen molar-refractivity contribution in [2.45, 2.75) is 6.42 Å². The Labute approximate surface area is 153 Å². The van der Waals surface area contributed by atoms with Crippen LogP contribution in [0.25, 0.3) is 5.82 Å². The number of nitrogens with zero attached hydrogens (tertiary/aromatic N) is 2. The van der Waals surface area contributed by atoms with Crippen LogP contribution in [0.4, 0.5) is 0 Å². The lowest BCUT2D eigenvalue weighted by molar-refractivity contribution is -0.599. The van der Waals surface area contributed by atoms with Gasteiger partial charge in [0.05, 0.1) is 18.6 Å². The molecule has 4 N–H and O–H groups in total. The molecule has 0 spiro atoms. The molecule has 3 rings (SSSR count). The van der Waals surface area contributed by atoms with Crippen molar-refractivity contribution in [3.05, 3.63) is 80.5 Å². The lowest BCUT2D eigenvalue weighted by atomic mass is 10.1. The molecule has 0 saturated carbocycles. The number of pyridine rings is 1. The van der Waals surface area contributed by atoms with Crippen LogP contribution in [0.3, 0.4) is 0 Å². The van der Waals surface area contributed by atoms with Crippen molar-refractivity contribution < 1.29 is 4.57 Å². The summed E-state index contributed by atoms with van der Waals surface area (Å²) in [5.74, 6) is 0.648. The molecular weight excluding hydrogens is 354 g/mol. The lowest BCUT2D eigenvalue weighted by Gasteiger charge is -2.02. The Morgan fingerprint density at radius 3 is 2.60 bits per heavy atom. The van der Waals surface area contributed by atoms with Gasteiger partial charge in [0.1, 0.15) is 4.88 Å². The average Bonchev–Trinajstić information content (AvgIpc) is 2.97. The third-order valence-electron chi connectivity index (χ3n) is 3.42. The van der Waals surface area contributed by atoms with E-state index in [-0.39, 0.29) is 9.99 Å². The Bertz CT molecular complexity index is 945. The van der Waals surface area contributed by atoms with Crippen molar-refractivity contribution in [3.63, 3.8) is 0 Å². The molecule has 0 atom stereocenters. The molecule has 0 unspecified atom stereocenters. The monoisotopic (exact) mass is 370 g/mol. The summed E-state index contributed by atoms with van der Waals surface area (Å²) in [7, 11) is 0. The van der Waals surface area contributed by atoms with Crippen molar-refractivity contribution in [1.82, 2.24) is 10.4 Å². The second-order valence-corrected chi connectivity index (χ2v) is 6.69. The van der Waals surface area contributed by atoms with E-state index in [0.717, 1.165) is 17.8 Å². The molecule has 0 aliphatic rings. The first-order valence-corrected chi connectivity index (χ1v) is 8.70. The summed E-state index contributed by atoms with van der Waals surface area (Å²) in [5.41, 5.74) is 10.2. The maximum Gasteiger partial charge on any atom is 0.390 e. The van der Waals surface area contributed by atoms with E-state index in [1.807, 2.05) is 47.3 Å². The van der Waals surface area contributed by atoms with E-state index in [9.17, 15) is 4.79 Å². The zero-order valence-electron chi connectivity index (χ0n) is 13.2. The molecule has 1 aromatic carbocycles. The Morgan fingerprint density at radius 1 is 1.24 bits per heavy atom. The van der Waals surface area contributed by atoms with Crippen LogP contribution in [0, 0.1) is 0 Å². The second-order valence-electron chi connectivity index (χ2n) is 5.24. The molecule has 126 valence electrons. The minimum absolute atomic E-state index is 0.0681. The van der Waals surface area contributed by atoms with Gasteiger partial charge < -0.3 is 5.73 Å². The van der Waals surface area contributed by atoms with Crippen LogP contribution >= 0.6 is 23.6 Å². The summed E-state index contributed by atoms with van der Waals surface area (Å²) in [6.45, 7) is 0. The zero-order valence-corrected chi connectivity index (χ0v) is 14.8. The van der Waals surface area contributed by atoms with Crippen molar-refractivity contribution in [2.75, 3.05) is 0 Å². The second kappa shape index (κ2) is 7.82. The molecule has 8 heteroatoms. The van der Waals surface area contributed by atoms with Crippen molar-refractivity contribution in [1.29, 1.82) is 0 Å². The number of rotatable bonds is 5. The highest BCUT2D eigenvalue weighted by Gasteiger charge is 2.16.